The van der Waals surface area contributed by atoms with E-state index in [9.17, 15) is 0 Å². The molecule has 0 bridgehead atoms. The fraction of sp³-hybridized carbons (Fsp3) is 0.727. The van der Waals surface area contributed by atoms with E-state index in [1.165, 1.54) is 0 Å². The van der Waals surface area contributed by atoms with Gasteiger partial charge in [-0.2, -0.15) is 5.10 Å². The van der Waals surface area contributed by atoms with Gasteiger partial charge in [-0.25, -0.2) is 0 Å². The molecule has 76 valence electrons. The summed E-state index contributed by atoms with van der Waals surface area (Å²) < 4.78 is 0. The molecule has 13 heavy (non-hydrogen) atoms. The number of hydrazone groups is 1. The molecule has 0 saturated carbocycles. The van der Waals surface area contributed by atoms with Crippen LogP contribution in [-0.4, -0.2) is 16.8 Å². The fourth-order valence-electron chi connectivity index (χ4n) is 0.785. The second kappa shape index (κ2) is 5.05. The van der Waals surface area contributed by atoms with E-state index in [1.807, 2.05) is 11.2 Å². The van der Waals surface area contributed by atoms with E-state index < -0.39 is 0 Å². The first kappa shape index (κ1) is 12.2. The second-order valence-electron chi connectivity index (χ2n) is 4.35. The van der Waals surface area contributed by atoms with Gasteiger partial charge in [0.05, 0.1) is 5.54 Å². The summed E-state index contributed by atoms with van der Waals surface area (Å²) in [7, 11) is 0. The zero-order valence-electron chi connectivity index (χ0n) is 9.54. The highest BCUT2D eigenvalue weighted by Crippen LogP contribution is 2.13. The molecule has 0 amide bonds. The van der Waals surface area contributed by atoms with Crippen molar-refractivity contribution in [1.29, 1.82) is 0 Å². The largest absolute Gasteiger partial charge is 0.268 e. The minimum absolute atomic E-state index is 0.0196. The maximum Gasteiger partial charge on any atom is 0.0543 e. The van der Waals surface area contributed by atoms with E-state index in [4.69, 9.17) is 0 Å². The van der Waals surface area contributed by atoms with Gasteiger partial charge in [0.25, 0.3) is 0 Å². The van der Waals surface area contributed by atoms with Crippen molar-refractivity contribution in [3.63, 3.8) is 0 Å². The molecule has 0 radical (unpaired) electrons. The van der Waals surface area contributed by atoms with Gasteiger partial charge in [-0.1, -0.05) is 20.4 Å². The van der Waals surface area contributed by atoms with Crippen LogP contribution in [0.5, 0.6) is 0 Å². The topological polar surface area (TPSA) is 15.6 Å². The minimum atomic E-state index is 0.0196. The smallest absolute Gasteiger partial charge is 0.0543 e. The van der Waals surface area contributed by atoms with Gasteiger partial charge in [-0.15, -0.1) is 0 Å². The van der Waals surface area contributed by atoms with Crippen LogP contribution in [0.4, 0.5) is 0 Å². The molecular formula is C11H22N2. The van der Waals surface area contributed by atoms with Gasteiger partial charge in [0.2, 0.25) is 0 Å². The molecule has 0 aliphatic heterocycles. The third-order valence-corrected chi connectivity index (χ3v) is 1.95. The predicted octanol–water partition coefficient (Wildman–Crippen LogP) is 3.26. The molecular weight excluding hydrogens is 160 g/mol. The summed E-state index contributed by atoms with van der Waals surface area (Å²) in [6.45, 7) is 14.4. The second-order valence-corrected chi connectivity index (χ2v) is 4.35. The van der Waals surface area contributed by atoms with Crippen LogP contribution in [0.15, 0.2) is 17.9 Å². The van der Waals surface area contributed by atoms with E-state index in [0.717, 1.165) is 6.42 Å². The van der Waals surface area contributed by atoms with Crippen molar-refractivity contribution in [3.05, 3.63) is 12.8 Å². The average molecular weight is 182 g/mol. The van der Waals surface area contributed by atoms with Crippen LogP contribution in [0.2, 0.25) is 0 Å². The first-order chi connectivity index (χ1) is 5.91. The molecule has 0 aromatic heterocycles. The molecule has 2 heteroatoms. The van der Waals surface area contributed by atoms with Crippen LogP contribution < -0.4 is 0 Å². The van der Waals surface area contributed by atoms with Crippen molar-refractivity contribution >= 4 is 6.21 Å². The van der Waals surface area contributed by atoms with Crippen LogP contribution in [0.1, 0.15) is 41.0 Å². The molecule has 0 rings (SSSR count). The van der Waals surface area contributed by atoms with Crippen molar-refractivity contribution < 1.29 is 0 Å². The summed E-state index contributed by atoms with van der Waals surface area (Å²) in [5, 5.41) is 6.26. The quantitative estimate of drug-likeness (QED) is 0.481. The Bertz CT molecular complexity index is 177. The molecule has 0 aliphatic rings. The lowest BCUT2D eigenvalue weighted by molar-refractivity contribution is 0.215. The molecule has 0 N–H and O–H groups in total. The molecule has 0 aliphatic carbocycles. The summed E-state index contributed by atoms with van der Waals surface area (Å²) in [5.41, 5.74) is 0.0196. The molecule has 1 atom stereocenters. The van der Waals surface area contributed by atoms with Crippen LogP contribution in [0, 0.1) is 5.92 Å². The number of nitrogens with zero attached hydrogens (tertiary/aromatic N) is 2. The first-order valence-electron chi connectivity index (χ1n) is 4.87. The Balaban J connectivity index is 4.29. The van der Waals surface area contributed by atoms with Gasteiger partial charge >= 0.3 is 0 Å². The summed E-state index contributed by atoms with van der Waals surface area (Å²) in [6, 6.07) is 0. The van der Waals surface area contributed by atoms with Gasteiger partial charge in [-0.3, -0.25) is 5.01 Å². The highest BCUT2D eigenvalue weighted by Gasteiger charge is 2.16. The number of rotatable bonds is 4. The fourth-order valence-corrected chi connectivity index (χ4v) is 0.785. The lowest BCUT2D eigenvalue weighted by Crippen LogP contribution is -2.33. The standard InChI is InChI=1S/C11H22N2/c1-7-10(3)9-12-13(8-2)11(4,5)6/h8-10H,2,7H2,1,3-6H3/b12-9-/t10-/m0/s1. The van der Waals surface area contributed by atoms with E-state index >= 15 is 0 Å². The Labute approximate surface area is 82.3 Å². The zero-order chi connectivity index (χ0) is 10.5. The summed E-state index contributed by atoms with van der Waals surface area (Å²) in [6.07, 6.45) is 4.87. The Kier molecular flexibility index (Phi) is 4.74. The lowest BCUT2D eigenvalue weighted by atomic mass is 10.1. The zero-order valence-corrected chi connectivity index (χ0v) is 9.54. The maximum absolute atomic E-state index is 4.37. The van der Waals surface area contributed by atoms with Crippen LogP contribution in [0.25, 0.3) is 0 Å². The molecule has 0 unspecified atom stereocenters. The van der Waals surface area contributed by atoms with Crippen LogP contribution in [-0.2, 0) is 0 Å². The first-order valence-corrected chi connectivity index (χ1v) is 4.87. The SMILES string of the molecule is C=CN(/N=C\[C@@H](C)CC)C(C)(C)C. The third-order valence-electron chi connectivity index (χ3n) is 1.95. The molecule has 0 aromatic rings. The van der Waals surface area contributed by atoms with E-state index in [0.29, 0.717) is 5.92 Å². The van der Waals surface area contributed by atoms with Crippen molar-refractivity contribution in [2.45, 2.75) is 46.6 Å². The van der Waals surface area contributed by atoms with Crippen molar-refractivity contribution in [2.24, 2.45) is 11.0 Å². The molecule has 0 aromatic carbocycles. The van der Waals surface area contributed by atoms with Crippen molar-refractivity contribution in [3.8, 4) is 0 Å². The van der Waals surface area contributed by atoms with E-state index in [-0.39, 0.29) is 5.54 Å². The normalized spacial score (nSPS) is 14.5. The summed E-state index contributed by atoms with van der Waals surface area (Å²) in [5.74, 6) is 0.532. The van der Waals surface area contributed by atoms with Gasteiger partial charge in [-0.05, 0) is 33.1 Å². The van der Waals surface area contributed by atoms with Gasteiger partial charge < -0.3 is 0 Å². The molecule has 0 spiro atoms. The van der Waals surface area contributed by atoms with Crippen molar-refractivity contribution in [2.75, 3.05) is 0 Å². The van der Waals surface area contributed by atoms with Gasteiger partial charge in [0.1, 0.15) is 0 Å². The summed E-state index contributed by atoms with van der Waals surface area (Å²) >= 11 is 0. The molecule has 0 saturated heterocycles. The van der Waals surface area contributed by atoms with E-state index in [2.05, 4.69) is 46.3 Å². The number of hydrogen-bond acceptors (Lipinski definition) is 2. The molecule has 2 nitrogen and oxygen atoms in total. The highest BCUT2D eigenvalue weighted by molar-refractivity contribution is 5.59. The monoisotopic (exact) mass is 182 g/mol. The van der Waals surface area contributed by atoms with Crippen LogP contribution >= 0.6 is 0 Å². The van der Waals surface area contributed by atoms with Crippen molar-refractivity contribution in [1.82, 2.24) is 5.01 Å². The van der Waals surface area contributed by atoms with E-state index in [1.54, 1.807) is 6.20 Å². The Morgan fingerprint density at radius 3 is 2.31 bits per heavy atom. The third kappa shape index (κ3) is 4.71. The minimum Gasteiger partial charge on any atom is -0.268 e. The Morgan fingerprint density at radius 2 is 2.00 bits per heavy atom. The predicted molar refractivity (Wildman–Crippen MR) is 59.7 cm³/mol. The average Bonchev–Trinajstić information content (AvgIpc) is 2.02. The summed E-state index contributed by atoms with van der Waals surface area (Å²) in [4.78, 5) is 0. The van der Waals surface area contributed by atoms with Gasteiger partial charge in [0, 0.05) is 12.4 Å². The maximum atomic E-state index is 4.37. The molecule has 0 heterocycles. The Morgan fingerprint density at radius 1 is 1.46 bits per heavy atom. The lowest BCUT2D eigenvalue weighted by Gasteiger charge is -2.29. The molecule has 0 fully saturated rings. The highest BCUT2D eigenvalue weighted by atomic mass is 15.5. The number of hydrogen-bond donors (Lipinski definition) is 0. The Hall–Kier alpha value is -0.790. The van der Waals surface area contributed by atoms with Gasteiger partial charge in [0.15, 0.2) is 0 Å². The van der Waals surface area contributed by atoms with Crippen LogP contribution in [0.3, 0.4) is 0 Å².